The van der Waals surface area contributed by atoms with Crippen molar-refractivity contribution in [1.29, 1.82) is 0 Å². The largest absolute Gasteiger partial charge is 0.508 e. The summed E-state index contributed by atoms with van der Waals surface area (Å²) in [5.41, 5.74) is 0.391. The Morgan fingerprint density at radius 2 is 1.84 bits per heavy atom. The number of primary amides is 1. The summed E-state index contributed by atoms with van der Waals surface area (Å²) in [4.78, 5) is 49.8. The molecular weight excluding hydrogens is 501 g/mol. The number of ketones is 2. The Hall–Kier alpha value is -3.77. The Kier molecular flexibility index (Phi) is 6.61. The SMILES string of the molecule is CC(C)(C)NCC(=O)NCc1cc(F)c2c(c1O)C(O)=C1C(=O)[C@]3(O)C(O)=C(C(N)=O)C(=O)C[C@@H]3CC1C2. The highest BCUT2D eigenvalue weighted by Gasteiger charge is 2.60. The standard InChI is InChI=1S/C26H30FN3O8/c1-25(2,3)30-9-16(32)29-8-11-6-14(27)13-5-10-4-12-7-15(31)19(24(28)37)23(36)26(12,38)22(35)17(10)21(34)18(13)20(11)33/h6,10,12,30,33-34,36,38H,4-5,7-9H2,1-3H3,(H2,28,37)(H,29,32)/t10?,12-,26-/m0/s1. The molecule has 1 unspecified atom stereocenters. The van der Waals surface area contributed by atoms with Gasteiger partial charge >= 0.3 is 0 Å². The van der Waals surface area contributed by atoms with Crippen molar-refractivity contribution in [2.24, 2.45) is 17.6 Å². The molecule has 0 heterocycles. The number of phenolic OH excluding ortho intramolecular Hbond substituents is 1. The van der Waals surface area contributed by atoms with Crippen LogP contribution < -0.4 is 16.4 Å². The fourth-order valence-corrected chi connectivity index (χ4v) is 5.43. The van der Waals surface area contributed by atoms with Crippen molar-refractivity contribution in [3.05, 3.63) is 45.5 Å². The zero-order chi connectivity index (χ0) is 28.3. The second kappa shape index (κ2) is 9.21. The van der Waals surface area contributed by atoms with E-state index in [1.165, 1.54) is 0 Å². The molecule has 11 nitrogen and oxygen atoms in total. The lowest BCUT2D eigenvalue weighted by Gasteiger charge is -2.46. The molecule has 3 atom stereocenters. The molecule has 3 aliphatic carbocycles. The van der Waals surface area contributed by atoms with Gasteiger partial charge in [0.1, 0.15) is 28.7 Å². The van der Waals surface area contributed by atoms with E-state index in [9.17, 15) is 39.6 Å². The van der Waals surface area contributed by atoms with Gasteiger partial charge in [-0.25, -0.2) is 4.39 Å². The van der Waals surface area contributed by atoms with E-state index in [1.807, 2.05) is 20.8 Å². The third-order valence-electron chi connectivity index (χ3n) is 7.34. The third-order valence-corrected chi connectivity index (χ3v) is 7.34. The number of Topliss-reactive ketones (excluding diaryl/α,β-unsaturated/α-hetero) is 2. The van der Waals surface area contributed by atoms with Crippen LogP contribution in [-0.2, 0) is 32.1 Å². The lowest BCUT2D eigenvalue weighted by molar-refractivity contribution is -0.147. The van der Waals surface area contributed by atoms with Crippen LogP contribution in [0.25, 0.3) is 5.76 Å². The fraction of sp³-hybridized carbons (Fsp3) is 0.462. The van der Waals surface area contributed by atoms with E-state index in [0.29, 0.717) is 0 Å². The number of nitrogens with two attached hydrogens (primary N) is 1. The van der Waals surface area contributed by atoms with Crippen LogP contribution in [0, 0.1) is 17.7 Å². The number of nitrogens with one attached hydrogen (secondary N) is 2. The molecule has 0 aromatic heterocycles. The zero-order valence-corrected chi connectivity index (χ0v) is 21.1. The highest BCUT2D eigenvalue weighted by Crippen LogP contribution is 2.52. The van der Waals surface area contributed by atoms with Gasteiger partial charge in [-0.15, -0.1) is 0 Å². The number of fused-ring (bicyclic) bond motifs is 3. The molecule has 1 aromatic carbocycles. The molecule has 3 aliphatic rings. The average Bonchev–Trinajstić information content (AvgIpc) is 2.80. The van der Waals surface area contributed by atoms with Gasteiger partial charge in [-0.3, -0.25) is 19.2 Å². The predicted octanol–water partition coefficient (Wildman–Crippen LogP) is 0.567. The highest BCUT2D eigenvalue weighted by atomic mass is 19.1. The first-order valence-corrected chi connectivity index (χ1v) is 12.1. The van der Waals surface area contributed by atoms with Crippen LogP contribution in [0.3, 0.4) is 0 Å². The number of carbonyl (C=O) groups is 4. The molecule has 4 rings (SSSR count). The molecule has 1 aromatic rings. The second-order valence-corrected chi connectivity index (χ2v) is 11.0. The number of halogens is 1. The Bertz CT molecular complexity index is 1340. The monoisotopic (exact) mass is 531 g/mol. The summed E-state index contributed by atoms with van der Waals surface area (Å²) in [6.07, 6.45) is -0.698. The van der Waals surface area contributed by atoms with Crippen LogP contribution in [0.1, 0.15) is 50.3 Å². The summed E-state index contributed by atoms with van der Waals surface area (Å²) in [7, 11) is 0. The zero-order valence-electron chi connectivity index (χ0n) is 21.1. The Labute approximate surface area is 217 Å². The number of hydrogen-bond donors (Lipinski definition) is 7. The van der Waals surface area contributed by atoms with Crippen LogP contribution in [0.2, 0.25) is 0 Å². The molecule has 0 aliphatic heterocycles. The minimum atomic E-state index is -2.70. The first-order chi connectivity index (χ1) is 17.6. The lowest BCUT2D eigenvalue weighted by Crippen LogP contribution is -2.58. The van der Waals surface area contributed by atoms with E-state index in [0.717, 1.165) is 6.07 Å². The summed E-state index contributed by atoms with van der Waals surface area (Å²) in [6.45, 7) is 5.30. The van der Waals surface area contributed by atoms with Crippen molar-refractivity contribution in [3.8, 4) is 5.75 Å². The van der Waals surface area contributed by atoms with Crippen LogP contribution in [0.4, 0.5) is 4.39 Å². The van der Waals surface area contributed by atoms with Crippen LogP contribution >= 0.6 is 0 Å². The number of aliphatic hydroxyl groups excluding tert-OH is 2. The van der Waals surface area contributed by atoms with Gasteiger partial charge in [0.05, 0.1) is 12.1 Å². The molecule has 0 radical (unpaired) electrons. The molecule has 12 heteroatoms. The smallest absolute Gasteiger partial charge is 0.255 e. The Balaban J connectivity index is 1.72. The molecule has 204 valence electrons. The first kappa shape index (κ1) is 27.3. The lowest BCUT2D eigenvalue weighted by atomic mass is 9.59. The number of carbonyl (C=O) groups excluding carboxylic acids is 4. The molecule has 1 fully saturated rings. The molecule has 0 spiro atoms. The van der Waals surface area contributed by atoms with Crippen LogP contribution in [-0.4, -0.2) is 61.5 Å². The maximum Gasteiger partial charge on any atom is 0.255 e. The number of aromatic hydroxyl groups is 1. The van der Waals surface area contributed by atoms with Gasteiger partial charge in [-0.1, -0.05) is 0 Å². The minimum Gasteiger partial charge on any atom is -0.508 e. The van der Waals surface area contributed by atoms with Crippen molar-refractivity contribution in [1.82, 2.24) is 10.6 Å². The van der Waals surface area contributed by atoms with Gasteiger partial charge in [-0.2, -0.15) is 0 Å². The van der Waals surface area contributed by atoms with Gasteiger partial charge in [-0.05, 0) is 45.6 Å². The number of aliphatic hydroxyl groups is 3. The van der Waals surface area contributed by atoms with Gasteiger partial charge in [0, 0.05) is 41.1 Å². The number of benzene rings is 1. The van der Waals surface area contributed by atoms with E-state index < -0.39 is 75.9 Å². The van der Waals surface area contributed by atoms with E-state index in [-0.39, 0.29) is 53.7 Å². The molecule has 8 N–H and O–H groups in total. The summed E-state index contributed by atoms with van der Waals surface area (Å²) in [6, 6.07) is 1.03. The Morgan fingerprint density at radius 1 is 1.18 bits per heavy atom. The summed E-state index contributed by atoms with van der Waals surface area (Å²) < 4.78 is 15.2. The van der Waals surface area contributed by atoms with Gasteiger partial charge in [0.25, 0.3) is 5.91 Å². The highest BCUT2D eigenvalue weighted by molar-refractivity contribution is 6.22. The number of phenols is 1. The van der Waals surface area contributed by atoms with E-state index in [4.69, 9.17) is 5.73 Å². The fourth-order valence-electron chi connectivity index (χ4n) is 5.43. The van der Waals surface area contributed by atoms with Gasteiger partial charge in [0.15, 0.2) is 11.4 Å². The molecule has 0 saturated heterocycles. The van der Waals surface area contributed by atoms with Crippen molar-refractivity contribution in [2.45, 2.75) is 57.7 Å². The van der Waals surface area contributed by atoms with E-state index in [2.05, 4.69) is 10.6 Å². The maximum absolute atomic E-state index is 15.2. The molecule has 2 amide bonds. The number of amides is 2. The van der Waals surface area contributed by atoms with Crippen molar-refractivity contribution >= 4 is 29.1 Å². The topological polar surface area (TPSA) is 199 Å². The van der Waals surface area contributed by atoms with Crippen molar-refractivity contribution in [2.75, 3.05) is 6.54 Å². The third kappa shape index (κ3) is 4.33. The van der Waals surface area contributed by atoms with Crippen molar-refractivity contribution in [3.63, 3.8) is 0 Å². The molecular formula is C26H30FN3O8. The quantitative estimate of drug-likeness (QED) is 0.265. The van der Waals surface area contributed by atoms with E-state index in [1.54, 1.807) is 0 Å². The minimum absolute atomic E-state index is 0.0320. The second-order valence-electron chi connectivity index (χ2n) is 11.0. The number of rotatable bonds is 5. The summed E-state index contributed by atoms with van der Waals surface area (Å²) >= 11 is 0. The van der Waals surface area contributed by atoms with Gasteiger partial charge < -0.3 is 36.8 Å². The number of hydrogen-bond acceptors (Lipinski definition) is 9. The maximum atomic E-state index is 15.2. The normalized spacial score (nSPS) is 25.1. The predicted molar refractivity (Wildman–Crippen MR) is 131 cm³/mol. The van der Waals surface area contributed by atoms with Gasteiger partial charge in [0.2, 0.25) is 11.7 Å². The molecule has 1 saturated carbocycles. The van der Waals surface area contributed by atoms with Crippen LogP contribution in [0.15, 0.2) is 23.0 Å². The summed E-state index contributed by atoms with van der Waals surface area (Å²) in [5.74, 6) is -9.04. The van der Waals surface area contributed by atoms with E-state index >= 15 is 4.39 Å². The molecule has 38 heavy (non-hydrogen) atoms. The van der Waals surface area contributed by atoms with Crippen LogP contribution in [0.5, 0.6) is 5.75 Å². The summed E-state index contributed by atoms with van der Waals surface area (Å²) in [5, 5.41) is 49.4. The molecule has 0 bridgehead atoms. The first-order valence-electron chi connectivity index (χ1n) is 12.1. The Morgan fingerprint density at radius 3 is 2.45 bits per heavy atom. The average molecular weight is 532 g/mol. The van der Waals surface area contributed by atoms with Crippen molar-refractivity contribution < 1.29 is 44.0 Å².